The van der Waals surface area contributed by atoms with Crippen molar-refractivity contribution in [3.05, 3.63) is 103 Å². The van der Waals surface area contributed by atoms with Crippen LogP contribution in [0.25, 0.3) is 23.5 Å². The zero-order valence-corrected chi connectivity index (χ0v) is 14.9. The third-order valence-corrected chi connectivity index (χ3v) is 3.74. The Morgan fingerprint density at radius 3 is 2.50 bits per heavy atom. The van der Waals surface area contributed by atoms with Crippen LogP contribution in [-0.4, -0.2) is 9.55 Å². The van der Waals surface area contributed by atoms with Crippen LogP contribution in [0.1, 0.15) is 29.2 Å². The first-order valence-electron chi connectivity index (χ1n) is 8.15. The van der Waals surface area contributed by atoms with Gasteiger partial charge in [-0.15, -0.1) is 13.2 Å². The monoisotopic (exact) mass is 339 g/mol. The standard InChI is InChI=1S/C21H17N3.C2H4/c1-16(2)18-10-11-23-21(12-18)24-14-19(20(13-22)15-24)9-8-17-6-4-3-5-7-17;1-2/h3-12,14-15H,1H2,2H3;1-2H2/b9-8+;. The number of allylic oxidation sites excluding steroid dienone is 1. The molecule has 0 fully saturated rings. The minimum atomic E-state index is 0.615. The molecule has 0 unspecified atom stereocenters. The first-order valence-corrected chi connectivity index (χ1v) is 8.15. The number of benzene rings is 1. The molecule has 0 aliphatic carbocycles. The topological polar surface area (TPSA) is 41.6 Å². The van der Waals surface area contributed by atoms with Gasteiger partial charge in [-0.2, -0.15) is 5.26 Å². The normalized spacial score (nSPS) is 10.0. The van der Waals surface area contributed by atoms with Crippen molar-refractivity contribution in [3.8, 4) is 11.9 Å². The summed E-state index contributed by atoms with van der Waals surface area (Å²) in [5.74, 6) is 0.770. The van der Waals surface area contributed by atoms with Gasteiger partial charge in [0.05, 0.1) is 5.56 Å². The molecule has 3 rings (SSSR count). The van der Waals surface area contributed by atoms with E-state index in [2.05, 4.69) is 30.8 Å². The van der Waals surface area contributed by atoms with Gasteiger partial charge < -0.3 is 4.57 Å². The van der Waals surface area contributed by atoms with Crippen LogP contribution >= 0.6 is 0 Å². The molecule has 0 saturated carbocycles. The van der Waals surface area contributed by atoms with Crippen LogP contribution in [0.2, 0.25) is 0 Å². The largest absolute Gasteiger partial charge is 0.307 e. The second kappa shape index (κ2) is 9.00. The molecule has 3 heteroatoms. The van der Waals surface area contributed by atoms with E-state index in [1.807, 2.05) is 72.3 Å². The van der Waals surface area contributed by atoms with E-state index in [-0.39, 0.29) is 0 Å². The van der Waals surface area contributed by atoms with Crippen molar-refractivity contribution >= 4 is 17.7 Å². The minimum absolute atomic E-state index is 0.615. The van der Waals surface area contributed by atoms with Crippen molar-refractivity contribution in [2.24, 2.45) is 0 Å². The van der Waals surface area contributed by atoms with Crippen molar-refractivity contribution < 1.29 is 0 Å². The molecule has 3 aromatic rings. The van der Waals surface area contributed by atoms with Gasteiger partial charge in [0.25, 0.3) is 0 Å². The Hall–Kier alpha value is -3.64. The van der Waals surface area contributed by atoms with Crippen LogP contribution in [0.3, 0.4) is 0 Å². The summed E-state index contributed by atoms with van der Waals surface area (Å²) in [6.45, 7) is 11.9. The molecular weight excluding hydrogens is 318 g/mol. The summed E-state index contributed by atoms with van der Waals surface area (Å²) in [6.07, 6.45) is 9.42. The molecule has 2 aromatic heterocycles. The van der Waals surface area contributed by atoms with Crippen LogP contribution in [0.4, 0.5) is 0 Å². The summed E-state index contributed by atoms with van der Waals surface area (Å²) in [4.78, 5) is 4.39. The first-order chi connectivity index (χ1) is 12.7. The predicted molar refractivity (Wildman–Crippen MR) is 110 cm³/mol. The second-order valence-electron chi connectivity index (χ2n) is 5.57. The Labute approximate surface area is 154 Å². The minimum Gasteiger partial charge on any atom is -0.307 e. The van der Waals surface area contributed by atoms with Gasteiger partial charge in [-0.1, -0.05) is 54.6 Å². The van der Waals surface area contributed by atoms with E-state index >= 15 is 0 Å². The smallest absolute Gasteiger partial charge is 0.137 e. The highest BCUT2D eigenvalue weighted by atomic mass is 15.0. The third-order valence-electron chi connectivity index (χ3n) is 3.74. The lowest BCUT2D eigenvalue weighted by Gasteiger charge is -2.04. The summed E-state index contributed by atoms with van der Waals surface area (Å²) in [5.41, 5.74) is 4.59. The summed E-state index contributed by atoms with van der Waals surface area (Å²) in [6, 6.07) is 16.1. The van der Waals surface area contributed by atoms with Gasteiger partial charge in [-0.05, 0) is 30.2 Å². The SMILES string of the molecule is C=C.C=C(C)c1ccnc(-n2cc(C#N)c(/C=C/c3ccccc3)c2)c1. The molecule has 0 spiro atoms. The molecule has 0 radical (unpaired) electrons. The van der Waals surface area contributed by atoms with Crippen LogP contribution in [0, 0.1) is 11.3 Å². The van der Waals surface area contributed by atoms with Crippen LogP contribution in [-0.2, 0) is 0 Å². The number of nitrogens with zero attached hydrogens (tertiary/aromatic N) is 3. The lowest BCUT2D eigenvalue weighted by Crippen LogP contribution is -1.94. The number of nitriles is 1. The molecule has 128 valence electrons. The summed E-state index contributed by atoms with van der Waals surface area (Å²) < 4.78 is 1.87. The highest BCUT2D eigenvalue weighted by Gasteiger charge is 2.07. The fraction of sp³-hybridized carbons (Fsp3) is 0.0435. The molecule has 2 heterocycles. The van der Waals surface area contributed by atoms with Gasteiger partial charge >= 0.3 is 0 Å². The number of rotatable bonds is 4. The average molecular weight is 339 g/mol. The van der Waals surface area contributed by atoms with E-state index in [1.54, 1.807) is 12.4 Å². The molecule has 1 aromatic carbocycles. The fourth-order valence-corrected chi connectivity index (χ4v) is 2.40. The van der Waals surface area contributed by atoms with Gasteiger partial charge in [0.1, 0.15) is 11.9 Å². The van der Waals surface area contributed by atoms with E-state index in [1.165, 1.54) is 0 Å². The number of hydrogen-bond acceptors (Lipinski definition) is 2. The van der Waals surface area contributed by atoms with E-state index in [0.29, 0.717) is 5.56 Å². The molecule has 26 heavy (non-hydrogen) atoms. The lowest BCUT2D eigenvalue weighted by molar-refractivity contribution is 1.00. The van der Waals surface area contributed by atoms with Crippen molar-refractivity contribution in [3.63, 3.8) is 0 Å². The quantitative estimate of drug-likeness (QED) is 0.568. The van der Waals surface area contributed by atoms with Gasteiger partial charge in [-0.3, -0.25) is 0 Å². The zero-order chi connectivity index (χ0) is 18.9. The maximum Gasteiger partial charge on any atom is 0.137 e. The van der Waals surface area contributed by atoms with Crippen molar-refractivity contribution in [1.82, 2.24) is 9.55 Å². The maximum atomic E-state index is 9.39. The molecule has 0 amide bonds. The fourth-order valence-electron chi connectivity index (χ4n) is 2.40. The number of hydrogen-bond donors (Lipinski definition) is 0. The molecule has 0 saturated heterocycles. The van der Waals surface area contributed by atoms with Gasteiger partial charge in [-0.25, -0.2) is 4.98 Å². The van der Waals surface area contributed by atoms with Crippen LogP contribution in [0.5, 0.6) is 0 Å². The molecular formula is C23H21N3. The van der Waals surface area contributed by atoms with E-state index in [9.17, 15) is 5.26 Å². The van der Waals surface area contributed by atoms with Crippen molar-refractivity contribution in [2.75, 3.05) is 0 Å². The summed E-state index contributed by atoms with van der Waals surface area (Å²) >= 11 is 0. The Balaban J connectivity index is 0.00000117. The van der Waals surface area contributed by atoms with E-state index < -0.39 is 0 Å². The first kappa shape index (κ1) is 18.7. The van der Waals surface area contributed by atoms with E-state index in [0.717, 1.165) is 28.1 Å². The Bertz CT molecular complexity index is 957. The van der Waals surface area contributed by atoms with Crippen LogP contribution < -0.4 is 0 Å². The lowest BCUT2D eigenvalue weighted by atomic mass is 10.1. The van der Waals surface area contributed by atoms with Gasteiger partial charge in [0.15, 0.2) is 0 Å². The predicted octanol–water partition coefficient (Wildman–Crippen LogP) is 5.75. The molecule has 0 N–H and O–H groups in total. The van der Waals surface area contributed by atoms with Crippen molar-refractivity contribution in [1.29, 1.82) is 5.26 Å². The van der Waals surface area contributed by atoms with Gasteiger partial charge in [0.2, 0.25) is 0 Å². The third kappa shape index (κ3) is 4.46. The van der Waals surface area contributed by atoms with E-state index in [4.69, 9.17) is 0 Å². The highest BCUT2D eigenvalue weighted by molar-refractivity contribution is 5.72. The summed E-state index contributed by atoms with van der Waals surface area (Å²) in [7, 11) is 0. The maximum absolute atomic E-state index is 9.39. The molecule has 0 aliphatic rings. The van der Waals surface area contributed by atoms with Crippen LogP contribution in [0.15, 0.2) is 80.8 Å². The molecule has 0 aliphatic heterocycles. The average Bonchev–Trinajstić information content (AvgIpc) is 3.12. The number of pyridine rings is 1. The molecule has 0 bridgehead atoms. The van der Waals surface area contributed by atoms with Crippen molar-refractivity contribution in [2.45, 2.75) is 6.92 Å². The number of aromatic nitrogens is 2. The summed E-state index contributed by atoms with van der Waals surface area (Å²) in [5, 5.41) is 9.39. The molecule has 0 atom stereocenters. The van der Waals surface area contributed by atoms with Gasteiger partial charge in [0, 0.05) is 24.2 Å². The highest BCUT2D eigenvalue weighted by Crippen LogP contribution is 2.19. The zero-order valence-electron chi connectivity index (χ0n) is 14.9. The Morgan fingerprint density at radius 1 is 1.12 bits per heavy atom. The second-order valence-corrected chi connectivity index (χ2v) is 5.57. The molecule has 3 nitrogen and oxygen atoms in total. The Morgan fingerprint density at radius 2 is 1.85 bits per heavy atom. The Kier molecular flexibility index (Phi) is 6.47.